The van der Waals surface area contributed by atoms with Crippen molar-refractivity contribution in [2.45, 2.75) is 0 Å². The van der Waals surface area contributed by atoms with Crippen LogP contribution in [0.5, 0.6) is 0 Å². The van der Waals surface area contributed by atoms with Gasteiger partial charge in [0.25, 0.3) is 0 Å². The molecule has 10 heteroatoms. The van der Waals surface area contributed by atoms with E-state index >= 15 is 0 Å². The highest BCUT2D eigenvalue weighted by atomic mass is 35.5. The zero-order valence-corrected chi connectivity index (χ0v) is 17.9. The topological polar surface area (TPSA) is 96.9 Å². The lowest BCUT2D eigenvalue weighted by atomic mass is 10.0. The van der Waals surface area contributed by atoms with Gasteiger partial charge in [0, 0.05) is 27.9 Å². The minimum absolute atomic E-state index is 0.0663. The lowest BCUT2D eigenvalue weighted by Gasteiger charge is -2.11. The Hall–Kier alpha value is -2.94. The van der Waals surface area contributed by atoms with Crippen LogP contribution in [-0.4, -0.2) is 29.6 Å². The first kappa shape index (κ1) is 20.3. The lowest BCUT2D eigenvalue weighted by Crippen LogP contribution is -2.10. The van der Waals surface area contributed by atoms with Crippen molar-refractivity contribution in [2.75, 3.05) is 16.3 Å². The fourth-order valence-electron chi connectivity index (χ4n) is 2.92. The summed E-state index contributed by atoms with van der Waals surface area (Å²) < 4.78 is 25.5. The van der Waals surface area contributed by atoms with Crippen molar-refractivity contribution in [1.29, 1.82) is 0 Å². The Kier molecular flexibility index (Phi) is 5.46. The molecule has 2 N–H and O–H groups in total. The van der Waals surface area contributed by atoms with E-state index in [0.29, 0.717) is 16.4 Å². The van der Waals surface area contributed by atoms with Gasteiger partial charge in [0.15, 0.2) is 5.15 Å². The quantitative estimate of drug-likeness (QED) is 0.402. The molecule has 0 saturated carbocycles. The fraction of sp³-hybridized carbons (Fsp3) is 0.0500. The first-order chi connectivity index (χ1) is 14.3. The van der Waals surface area contributed by atoms with Gasteiger partial charge >= 0.3 is 0 Å². The number of halogens is 2. The van der Waals surface area contributed by atoms with Gasteiger partial charge in [-0.25, -0.2) is 23.4 Å². The Morgan fingerprint density at radius 2 is 1.77 bits per heavy atom. The summed E-state index contributed by atoms with van der Waals surface area (Å²) in [7, 11) is -3.49. The van der Waals surface area contributed by atoms with Gasteiger partial charge in [-0.3, -0.25) is 4.72 Å². The predicted octanol–water partition coefficient (Wildman–Crippen LogP) is 5.11. The molecule has 0 radical (unpaired) electrons. The van der Waals surface area contributed by atoms with Crippen molar-refractivity contribution in [2.24, 2.45) is 0 Å². The van der Waals surface area contributed by atoms with Crippen molar-refractivity contribution >= 4 is 61.3 Å². The van der Waals surface area contributed by atoms with Crippen LogP contribution in [0.4, 0.5) is 17.2 Å². The van der Waals surface area contributed by atoms with E-state index in [0.717, 1.165) is 28.4 Å². The van der Waals surface area contributed by atoms with E-state index in [1.54, 1.807) is 24.4 Å². The van der Waals surface area contributed by atoms with Gasteiger partial charge in [-0.2, -0.15) is 0 Å². The molecule has 2 aromatic carbocycles. The molecule has 2 aromatic heterocycles. The second kappa shape index (κ2) is 8.06. The zero-order chi connectivity index (χ0) is 21.3. The van der Waals surface area contributed by atoms with E-state index in [1.807, 2.05) is 30.3 Å². The van der Waals surface area contributed by atoms with Crippen LogP contribution < -0.4 is 10.0 Å². The van der Waals surface area contributed by atoms with Gasteiger partial charge in [0.1, 0.15) is 12.1 Å². The molecule has 7 nitrogen and oxygen atoms in total. The Morgan fingerprint density at radius 3 is 2.53 bits per heavy atom. The van der Waals surface area contributed by atoms with Crippen molar-refractivity contribution in [3.8, 4) is 11.1 Å². The molecule has 0 amide bonds. The third kappa shape index (κ3) is 4.62. The summed E-state index contributed by atoms with van der Waals surface area (Å²) in [5.41, 5.74) is 3.23. The number of nitrogens with one attached hydrogen (secondary N) is 2. The maximum absolute atomic E-state index is 11.6. The molecule has 0 aliphatic carbocycles. The van der Waals surface area contributed by atoms with Gasteiger partial charge in [0.05, 0.1) is 17.5 Å². The van der Waals surface area contributed by atoms with Crippen LogP contribution >= 0.6 is 23.2 Å². The Labute approximate surface area is 183 Å². The number of aromatic nitrogens is 3. The molecule has 0 saturated heterocycles. The van der Waals surface area contributed by atoms with E-state index < -0.39 is 10.0 Å². The second-order valence-electron chi connectivity index (χ2n) is 6.53. The van der Waals surface area contributed by atoms with Crippen LogP contribution in [-0.2, 0) is 10.0 Å². The molecule has 4 rings (SSSR count). The van der Waals surface area contributed by atoms with Gasteiger partial charge in [-0.05, 0) is 42.0 Å². The molecule has 0 spiro atoms. The maximum Gasteiger partial charge on any atom is 0.229 e. The number of nitrogens with zero attached hydrogens (tertiary/aromatic N) is 3. The Balaban J connectivity index is 1.77. The van der Waals surface area contributed by atoms with Crippen LogP contribution in [0.25, 0.3) is 22.0 Å². The molecule has 2 heterocycles. The highest BCUT2D eigenvalue weighted by Crippen LogP contribution is 2.31. The average Bonchev–Trinajstić information content (AvgIpc) is 2.69. The molecule has 0 aliphatic heterocycles. The minimum Gasteiger partial charge on any atom is -0.340 e. The number of fused-ring (bicyclic) bond motifs is 1. The van der Waals surface area contributed by atoms with Crippen molar-refractivity contribution in [3.63, 3.8) is 0 Å². The largest absolute Gasteiger partial charge is 0.340 e. The number of benzene rings is 2. The normalized spacial score (nSPS) is 11.4. The predicted molar refractivity (Wildman–Crippen MR) is 121 cm³/mol. The molecule has 4 aromatic rings. The molecule has 30 heavy (non-hydrogen) atoms. The summed E-state index contributed by atoms with van der Waals surface area (Å²) in [6.45, 7) is 0. The molecule has 152 valence electrons. The first-order valence-electron chi connectivity index (χ1n) is 8.69. The van der Waals surface area contributed by atoms with Gasteiger partial charge in [-0.15, -0.1) is 0 Å². The monoisotopic (exact) mass is 459 g/mol. The zero-order valence-electron chi connectivity index (χ0n) is 15.6. The lowest BCUT2D eigenvalue weighted by molar-refractivity contribution is 0.607. The third-order valence-electron chi connectivity index (χ3n) is 4.19. The maximum atomic E-state index is 11.6. The molecule has 0 fully saturated rings. The number of pyridine rings is 1. The molecule has 0 unspecified atom stereocenters. The summed E-state index contributed by atoms with van der Waals surface area (Å²) in [6.07, 6.45) is 4.11. The van der Waals surface area contributed by atoms with E-state index in [9.17, 15) is 8.42 Å². The van der Waals surface area contributed by atoms with Crippen LogP contribution in [0, 0.1) is 0 Å². The number of sulfonamides is 1. The third-order valence-corrected chi connectivity index (χ3v) is 5.32. The number of hydrogen-bond donors (Lipinski definition) is 2. The van der Waals surface area contributed by atoms with E-state index in [2.05, 4.69) is 25.0 Å². The number of hydrogen-bond acceptors (Lipinski definition) is 6. The van der Waals surface area contributed by atoms with Crippen molar-refractivity contribution < 1.29 is 8.42 Å². The average molecular weight is 460 g/mol. The van der Waals surface area contributed by atoms with Crippen molar-refractivity contribution in [1.82, 2.24) is 15.0 Å². The second-order valence-corrected chi connectivity index (χ2v) is 9.07. The fourth-order valence-corrected chi connectivity index (χ4v) is 3.87. The summed E-state index contributed by atoms with van der Waals surface area (Å²) in [6, 6.07) is 14.6. The van der Waals surface area contributed by atoms with E-state index in [1.165, 1.54) is 6.33 Å². The molecular weight excluding hydrogens is 445 g/mol. The van der Waals surface area contributed by atoms with E-state index in [-0.39, 0.29) is 10.8 Å². The molecule has 0 bridgehead atoms. The summed E-state index contributed by atoms with van der Waals surface area (Å²) in [5.74, 6) is 0.612. The number of rotatable bonds is 5. The Morgan fingerprint density at radius 1 is 0.933 bits per heavy atom. The highest BCUT2D eigenvalue weighted by Gasteiger charge is 2.12. The standard InChI is InChI=1S/C20H15Cl2N5O2S/c1-30(28,29)27-18-8-13(10-23-19(18)22)12-5-6-17-16(7-12)20(25-11-24-17)26-15-4-2-3-14(21)9-15/h2-11,27H,1H3,(H,24,25,26). The Bertz CT molecular complexity index is 1360. The van der Waals surface area contributed by atoms with Crippen LogP contribution in [0.15, 0.2) is 61.1 Å². The van der Waals surface area contributed by atoms with Crippen LogP contribution in [0.3, 0.4) is 0 Å². The minimum atomic E-state index is -3.49. The van der Waals surface area contributed by atoms with Gasteiger partial charge < -0.3 is 5.32 Å². The number of anilines is 3. The molecule has 0 aliphatic rings. The summed E-state index contributed by atoms with van der Waals surface area (Å²) in [5, 5.41) is 4.71. The van der Waals surface area contributed by atoms with Gasteiger partial charge in [0.2, 0.25) is 10.0 Å². The molecule has 0 atom stereocenters. The summed E-state index contributed by atoms with van der Waals surface area (Å²) in [4.78, 5) is 12.8. The van der Waals surface area contributed by atoms with E-state index in [4.69, 9.17) is 23.2 Å². The van der Waals surface area contributed by atoms with Gasteiger partial charge in [-0.1, -0.05) is 35.3 Å². The SMILES string of the molecule is CS(=O)(=O)Nc1cc(-c2ccc3ncnc(Nc4cccc(Cl)c4)c3c2)cnc1Cl. The first-order valence-corrected chi connectivity index (χ1v) is 11.3. The van der Waals surface area contributed by atoms with Crippen LogP contribution in [0.2, 0.25) is 10.2 Å². The van der Waals surface area contributed by atoms with Crippen LogP contribution in [0.1, 0.15) is 0 Å². The highest BCUT2D eigenvalue weighted by molar-refractivity contribution is 7.92. The van der Waals surface area contributed by atoms with Crippen molar-refractivity contribution in [3.05, 3.63) is 71.2 Å². The molecular formula is C20H15Cl2N5O2S. The summed E-state index contributed by atoms with van der Waals surface area (Å²) >= 11 is 12.1. The smallest absolute Gasteiger partial charge is 0.229 e.